The molecule has 0 saturated carbocycles. The minimum Gasteiger partial charge on any atom is -0.367 e. The van der Waals surface area contributed by atoms with Crippen molar-refractivity contribution in [1.82, 2.24) is 9.97 Å². The molecule has 1 aromatic heterocycles. The lowest BCUT2D eigenvalue weighted by molar-refractivity contribution is 0.597. The number of primary sulfonamides is 1. The van der Waals surface area contributed by atoms with E-state index in [1.54, 1.807) is 18.5 Å². The van der Waals surface area contributed by atoms with Crippen LogP contribution in [0.5, 0.6) is 0 Å². The van der Waals surface area contributed by atoms with E-state index in [-0.39, 0.29) is 4.90 Å². The summed E-state index contributed by atoms with van der Waals surface area (Å²) in [7, 11) is -3.70. The largest absolute Gasteiger partial charge is 0.367 e. The zero-order chi connectivity index (χ0) is 18.0. The second-order valence-corrected chi connectivity index (χ2v) is 7.92. The predicted molar refractivity (Wildman–Crippen MR) is 98.0 cm³/mol. The minimum absolute atomic E-state index is 0.148. The van der Waals surface area contributed by atoms with Crippen LogP contribution in [0.25, 0.3) is 0 Å². The molecule has 1 aromatic carbocycles. The van der Waals surface area contributed by atoms with E-state index in [4.69, 9.17) is 5.14 Å². The van der Waals surface area contributed by atoms with Crippen molar-refractivity contribution in [2.75, 3.05) is 16.8 Å². The number of sulfonamides is 1. The van der Waals surface area contributed by atoms with Crippen LogP contribution in [0.2, 0.25) is 0 Å². The summed E-state index contributed by atoms with van der Waals surface area (Å²) in [6, 6.07) is 7.35. The fourth-order valence-corrected chi connectivity index (χ4v) is 3.42. The molecule has 1 aliphatic heterocycles. The molecule has 1 atom stereocenters. The topological polar surface area (TPSA) is 101 Å². The summed E-state index contributed by atoms with van der Waals surface area (Å²) in [5.74, 6) is 1.62. The number of anilines is 2. The Morgan fingerprint density at radius 1 is 1.28 bits per heavy atom. The van der Waals surface area contributed by atoms with Gasteiger partial charge in [-0.05, 0) is 43.0 Å². The van der Waals surface area contributed by atoms with Gasteiger partial charge in [0.25, 0.3) is 0 Å². The molecule has 0 aliphatic carbocycles. The van der Waals surface area contributed by atoms with Gasteiger partial charge in [-0.3, -0.25) is 0 Å². The molecule has 8 heteroatoms. The first-order valence-electron chi connectivity index (χ1n) is 8.35. The molecule has 0 amide bonds. The molecule has 1 aliphatic rings. The zero-order valence-electron chi connectivity index (χ0n) is 14.4. The lowest BCUT2D eigenvalue weighted by Crippen LogP contribution is -2.31. The Balaban J connectivity index is 1.84. The first kappa shape index (κ1) is 17.6. The van der Waals surface area contributed by atoms with Crippen LogP contribution < -0.4 is 15.4 Å². The smallest absolute Gasteiger partial charge is 0.238 e. The normalized spacial score (nSPS) is 15.6. The summed E-state index contributed by atoms with van der Waals surface area (Å²) in [5, 5.41) is 8.59. The molecule has 0 radical (unpaired) electrons. The van der Waals surface area contributed by atoms with Crippen LogP contribution in [0, 0.1) is 0 Å². The Bertz CT molecular complexity index is 869. The van der Waals surface area contributed by atoms with Gasteiger partial charge < -0.3 is 10.2 Å². The van der Waals surface area contributed by atoms with E-state index in [1.165, 1.54) is 0 Å². The average molecular weight is 361 g/mol. The molecule has 0 fully saturated rings. The van der Waals surface area contributed by atoms with Gasteiger partial charge in [-0.25, -0.2) is 23.5 Å². The summed E-state index contributed by atoms with van der Waals surface area (Å²) in [6.07, 6.45) is 3.39. The highest BCUT2D eigenvalue weighted by Crippen LogP contribution is 2.26. The maximum atomic E-state index is 11.6. The maximum Gasteiger partial charge on any atom is 0.238 e. The number of nitrogens with zero attached hydrogens (tertiary/aromatic N) is 3. The van der Waals surface area contributed by atoms with Crippen molar-refractivity contribution in [3.05, 3.63) is 41.7 Å². The number of hydrogen-bond acceptors (Lipinski definition) is 6. The molecule has 134 valence electrons. The lowest BCUT2D eigenvalue weighted by Gasteiger charge is -2.30. The third kappa shape index (κ3) is 4.08. The minimum atomic E-state index is -3.70. The van der Waals surface area contributed by atoms with Gasteiger partial charge in [0.15, 0.2) is 0 Å². The molecular formula is C17H23N5O2S. The Hall–Kier alpha value is -2.19. The monoisotopic (exact) mass is 361 g/mol. The highest BCUT2D eigenvalue weighted by molar-refractivity contribution is 7.89. The van der Waals surface area contributed by atoms with Crippen molar-refractivity contribution >= 4 is 21.7 Å². The molecule has 2 heterocycles. The zero-order valence-corrected chi connectivity index (χ0v) is 15.3. The van der Waals surface area contributed by atoms with Gasteiger partial charge in [0, 0.05) is 25.2 Å². The van der Waals surface area contributed by atoms with E-state index in [1.807, 2.05) is 12.1 Å². The summed E-state index contributed by atoms with van der Waals surface area (Å²) >= 11 is 0. The van der Waals surface area contributed by atoms with Crippen molar-refractivity contribution in [3.8, 4) is 0 Å². The second-order valence-electron chi connectivity index (χ2n) is 6.36. The van der Waals surface area contributed by atoms with Crippen molar-refractivity contribution in [3.63, 3.8) is 0 Å². The maximum absolute atomic E-state index is 11.6. The Labute approximate surface area is 148 Å². The Kier molecular flexibility index (Phi) is 4.91. The number of nitrogens with two attached hydrogens (primary N) is 1. The van der Waals surface area contributed by atoms with Crippen LogP contribution in [-0.4, -0.2) is 31.0 Å². The number of aromatic nitrogens is 2. The Morgan fingerprint density at radius 3 is 2.80 bits per heavy atom. The number of nitrogens with one attached hydrogen (secondary N) is 1. The Morgan fingerprint density at radius 2 is 2.08 bits per heavy atom. The van der Waals surface area contributed by atoms with Crippen LogP contribution >= 0.6 is 0 Å². The molecule has 2 aromatic rings. The van der Waals surface area contributed by atoms with Crippen LogP contribution in [-0.2, 0) is 23.0 Å². The third-order valence-electron chi connectivity index (χ3n) is 4.50. The summed E-state index contributed by atoms with van der Waals surface area (Å²) in [4.78, 5) is 10.9. The number of rotatable bonds is 5. The average Bonchev–Trinajstić information content (AvgIpc) is 2.60. The first-order valence-corrected chi connectivity index (χ1v) is 9.89. The van der Waals surface area contributed by atoms with Crippen molar-refractivity contribution in [2.45, 2.75) is 44.2 Å². The first-order chi connectivity index (χ1) is 11.9. The van der Waals surface area contributed by atoms with E-state index in [2.05, 4.69) is 34.0 Å². The van der Waals surface area contributed by atoms with E-state index in [0.717, 1.165) is 42.1 Å². The summed E-state index contributed by atoms with van der Waals surface area (Å²) in [6.45, 7) is 5.64. The number of hydrogen-bond donors (Lipinski definition) is 2. The SMILES string of the molecule is CC[C@@H](C)Nc1cc(N2CCc3ccc(S(N)(=O)=O)cc3C2)ncn1. The molecule has 0 spiro atoms. The van der Waals surface area contributed by atoms with Crippen LogP contribution in [0.4, 0.5) is 11.6 Å². The van der Waals surface area contributed by atoms with Gasteiger partial charge in [0.05, 0.1) is 4.90 Å². The van der Waals surface area contributed by atoms with Crippen LogP contribution in [0.1, 0.15) is 31.4 Å². The lowest BCUT2D eigenvalue weighted by atomic mass is 10.00. The summed E-state index contributed by atoms with van der Waals surface area (Å²) in [5.41, 5.74) is 2.11. The molecule has 25 heavy (non-hydrogen) atoms. The van der Waals surface area contributed by atoms with Gasteiger partial charge in [0.1, 0.15) is 18.0 Å². The van der Waals surface area contributed by atoms with Crippen LogP contribution in [0.15, 0.2) is 35.5 Å². The standard InChI is InChI=1S/C17H23N5O2S/c1-3-12(2)21-16-9-17(20-11-19-16)22-7-6-13-4-5-15(25(18,23)24)8-14(13)10-22/h4-5,8-9,11-12H,3,6-7,10H2,1-2H3,(H2,18,23,24)(H,19,20,21)/t12-/m1/s1. The molecule has 3 N–H and O–H groups in total. The van der Waals surface area contributed by atoms with E-state index < -0.39 is 10.0 Å². The van der Waals surface area contributed by atoms with Crippen molar-refractivity contribution < 1.29 is 8.42 Å². The summed E-state index contributed by atoms with van der Waals surface area (Å²) < 4.78 is 23.2. The van der Waals surface area contributed by atoms with Gasteiger partial charge in [-0.15, -0.1) is 0 Å². The van der Waals surface area contributed by atoms with E-state index in [9.17, 15) is 8.42 Å². The van der Waals surface area contributed by atoms with E-state index in [0.29, 0.717) is 12.6 Å². The highest BCUT2D eigenvalue weighted by Gasteiger charge is 2.20. The molecule has 0 bridgehead atoms. The highest BCUT2D eigenvalue weighted by atomic mass is 32.2. The molecule has 3 rings (SSSR count). The quantitative estimate of drug-likeness (QED) is 0.843. The fourth-order valence-electron chi connectivity index (χ4n) is 2.86. The van der Waals surface area contributed by atoms with Gasteiger partial charge in [0.2, 0.25) is 10.0 Å². The molecule has 0 saturated heterocycles. The van der Waals surface area contributed by atoms with Crippen molar-refractivity contribution in [2.24, 2.45) is 5.14 Å². The third-order valence-corrected chi connectivity index (χ3v) is 5.41. The number of benzene rings is 1. The van der Waals surface area contributed by atoms with Crippen molar-refractivity contribution in [1.29, 1.82) is 0 Å². The van der Waals surface area contributed by atoms with Gasteiger partial charge >= 0.3 is 0 Å². The molecule has 0 unspecified atom stereocenters. The fraction of sp³-hybridized carbons (Fsp3) is 0.412. The van der Waals surface area contributed by atoms with Crippen LogP contribution in [0.3, 0.4) is 0 Å². The second kappa shape index (κ2) is 6.97. The predicted octanol–water partition coefficient (Wildman–Crippen LogP) is 1.90. The van der Waals surface area contributed by atoms with E-state index >= 15 is 0 Å². The molecule has 7 nitrogen and oxygen atoms in total. The van der Waals surface area contributed by atoms with Gasteiger partial charge in [-0.1, -0.05) is 13.0 Å². The number of fused-ring (bicyclic) bond motifs is 1. The van der Waals surface area contributed by atoms with Gasteiger partial charge in [-0.2, -0.15) is 0 Å². The molecular weight excluding hydrogens is 338 g/mol.